The van der Waals surface area contributed by atoms with Gasteiger partial charge in [0, 0.05) is 39.1 Å². The normalized spacial score (nSPS) is 21.0. The Hall–Kier alpha value is -0.470. The van der Waals surface area contributed by atoms with Crippen molar-refractivity contribution >= 4 is 28.4 Å². The standard InChI is InChI=1S/C15H26IN5/c1-10(2)14-13(16)15(17-3)19-12(18-14)8-11-9-20(4)6-7-21(11)5/h10-11H,6-9H2,1-5H3,(H,17,18,19). The van der Waals surface area contributed by atoms with E-state index in [2.05, 4.69) is 65.7 Å². The van der Waals surface area contributed by atoms with Crippen molar-refractivity contribution in [1.82, 2.24) is 19.8 Å². The van der Waals surface area contributed by atoms with Crippen LogP contribution in [0.1, 0.15) is 31.3 Å². The first kappa shape index (κ1) is 16.9. The van der Waals surface area contributed by atoms with Gasteiger partial charge >= 0.3 is 0 Å². The Kier molecular flexibility index (Phi) is 5.79. The molecule has 118 valence electrons. The first-order valence-electron chi connectivity index (χ1n) is 7.55. The SMILES string of the molecule is CNc1nc(CC2CN(C)CCN2C)nc(C(C)C)c1I. The van der Waals surface area contributed by atoms with E-state index in [1.165, 1.54) is 0 Å². The molecule has 1 unspecified atom stereocenters. The molecule has 1 N–H and O–H groups in total. The van der Waals surface area contributed by atoms with Gasteiger partial charge in [0.2, 0.25) is 0 Å². The predicted molar refractivity (Wildman–Crippen MR) is 96.0 cm³/mol. The van der Waals surface area contributed by atoms with Crippen LogP contribution in [0, 0.1) is 3.57 Å². The maximum Gasteiger partial charge on any atom is 0.143 e. The van der Waals surface area contributed by atoms with Gasteiger partial charge in [-0.1, -0.05) is 13.8 Å². The summed E-state index contributed by atoms with van der Waals surface area (Å²) in [6.45, 7) is 7.71. The molecule has 5 nitrogen and oxygen atoms in total. The third kappa shape index (κ3) is 4.04. The molecule has 21 heavy (non-hydrogen) atoms. The number of likely N-dealkylation sites (N-methyl/N-ethyl adjacent to an activating group) is 2. The van der Waals surface area contributed by atoms with Crippen LogP contribution in [-0.4, -0.2) is 66.6 Å². The van der Waals surface area contributed by atoms with E-state index in [-0.39, 0.29) is 0 Å². The monoisotopic (exact) mass is 403 g/mol. The number of rotatable bonds is 4. The second-order valence-corrected chi connectivity index (χ2v) is 7.27. The summed E-state index contributed by atoms with van der Waals surface area (Å²) in [5, 5.41) is 3.21. The van der Waals surface area contributed by atoms with Crippen LogP contribution >= 0.6 is 22.6 Å². The van der Waals surface area contributed by atoms with Crippen molar-refractivity contribution in [2.24, 2.45) is 0 Å². The minimum atomic E-state index is 0.414. The molecule has 0 spiro atoms. The quantitative estimate of drug-likeness (QED) is 0.780. The molecule has 1 aromatic rings. The second kappa shape index (κ2) is 7.19. The van der Waals surface area contributed by atoms with Gasteiger partial charge < -0.3 is 15.1 Å². The molecule has 1 aliphatic heterocycles. The van der Waals surface area contributed by atoms with E-state index < -0.39 is 0 Å². The Balaban J connectivity index is 2.25. The average molecular weight is 403 g/mol. The minimum absolute atomic E-state index is 0.414. The highest BCUT2D eigenvalue weighted by Crippen LogP contribution is 2.25. The number of hydrogen-bond donors (Lipinski definition) is 1. The molecule has 1 saturated heterocycles. The highest BCUT2D eigenvalue weighted by Gasteiger charge is 2.24. The number of halogens is 1. The van der Waals surface area contributed by atoms with Crippen molar-refractivity contribution in [1.29, 1.82) is 0 Å². The van der Waals surface area contributed by atoms with Crippen molar-refractivity contribution in [3.63, 3.8) is 0 Å². The van der Waals surface area contributed by atoms with Gasteiger partial charge in [0.15, 0.2) is 0 Å². The van der Waals surface area contributed by atoms with E-state index in [9.17, 15) is 0 Å². The van der Waals surface area contributed by atoms with Gasteiger partial charge in [-0.15, -0.1) is 0 Å². The molecule has 1 aromatic heterocycles. The Morgan fingerprint density at radius 2 is 2.00 bits per heavy atom. The van der Waals surface area contributed by atoms with Gasteiger partial charge in [0.25, 0.3) is 0 Å². The van der Waals surface area contributed by atoms with Crippen LogP contribution < -0.4 is 5.32 Å². The lowest BCUT2D eigenvalue weighted by Crippen LogP contribution is -2.51. The molecule has 0 aliphatic carbocycles. The zero-order valence-corrected chi connectivity index (χ0v) is 15.8. The Morgan fingerprint density at radius 1 is 1.29 bits per heavy atom. The third-order valence-electron chi connectivity index (χ3n) is 4.11. The first-order chi connectivity index (χ1) is 9.92. The molecule has 1 atom stereocenters. The summed E-state index contributed by atoms with van der Waals surface area (Å²) >= 11 is 2.34. The zero-order valence-electron chi connectivity index (χ0n) is 13.6. The van der Waals surface area contributed by atoms with E-state index in [1.54, 1.807) is 0 Å². The van der Waals surface area contributed by atoms with Crippen molar-refractivity contribution in [2.45, 2.75) is 32.2 Å². The lowest BCUT2D eigenvalue weighted by Gasteiger charge is -2.37. The topological polar surface area (TPSA) is 44.3 Å². The number of nitrogens with zero attached hydrogens (tertiary/aromatic N) is 4. The van der Waals surface area contributed by atoms with Crippen molar-refractivity contribution in [3.05, 3.63) is 15.1 Å². The Morgan fingerprint density at radius 3 is 2.62 bits per heavy atom. The number of piperazine rings is 1. The molecule has 6 heteroatoms. The van der Waals surface area contributed by atoms with Gasteiger partial charge in [-0.2, -0.15) is 0 Å². The fourth-order valence-electron chi connectivity index (χ4n) is 2.68. The maximum atomic E-state index is 4.83. The fourth-order valence-corrected chi connectivity index (χ4v) is 3.82. The predicted octanol–water partition coefficient (Wildman–Crippen LogP) is 2.03. The molecule has 0 bridgehead atoms. The highest BCUT2D eigenvalue weighted by molar-refractivity contribution is 14.1. The second-order valence-electron chi connectivity index (χ2n) is 6.19. The zero-order chi connectivity index (χ0) is 15.6. The van der Waals surface area contributed by atoms with Gasteiger partial charge in [0.05, 0.1) is 9.26 Å². The van der Waals surface area contributed by atoms with Gasteiger partial charge in [-0.3, -0.25) is 0 Å². The summed E-state index contributed by atoms with van der Waals surface area (Å²) in [7, 11) is 6.32. The van der Waals surface area contributed by atoms with Crippen LogP contribution in [0.2, 0.25) is 0 Å². The molecule has 0 saturated carbocycles. The van der Waals surface area contributed by atoms with E-state index in [0.717, 1.165) is 47.0 Å². The van der Waals surface area contributed by atoms with Crippen LogP contribution in [0.15, 0.2) is 0 Å². The molecular formula is C15H26IN5. The third-order valence-corrected chi connectivity index (χ3v) is 5.17. The lowest BCUT2D eigenvalue weighted by atomic mass is 10.1. The maximum absolute atomic E-state index is 4.83. The summed E-state index contributed by atoms with van der Waals surface area (Å²) < 4.78 is 1.14. The van der Waals surface area contributed by atoms with E-state index >= 15 is 0 Å². The van der Waals surface area contributed by atoms with Crippen LogP contribution in [0.25, 0.3) is 0 Å². The van der Waals surface area contributed by atoms with Gasteiger partial charge in [-0.25, -0.2) is 9.97 Å². The molecule has 1 fully saturated rings. The number of nitrogens with one attached hydrogen (secondary N) is 1. The van der Waals surface area contributed by atoms with Crippen molar-refractivity contribution in [2.75, 3.05) is 46.1 Å². The molecule has 2 heterocycles. The van der Waals surface area contributed by atoms with Crippen LogP contribution in [-0.2, 0) is 6.42 Å². The number of aromatic nitrogens is 2. The summed E-state index contributed by atoms with van der Waals surface area (Å²) in [6, 6.07) is 0.494. The molecule has 0 radical (unpaired) electrons. The summed E-state index contributed by atoms with van der Waals surface area (Å²) in [5.41, 5.74) is 1.15. The van der Waals surface area contributed by atoms with Crippen LogP contribution in [0.5, 0.6) is 0 Å². The summed E-state index contributed by atoms with van der Waals surface area (Å²) in [5.74, 6) is 2.32. The van der Waals surface area contributed by atoms with E-state index in [1.807, 2.05) is 7.05 Å². The largest absolute Gasteiger partial charge is 0.372 e. The summed E-state index contributed by atoms with van der Waals surface area (Å²) in [4.78, 5) is 14.4. The fraction of sp³-hybridized carbons (Fsp3) is 0.733. The summed E-state index contributed by atoms with van der Waals surface area (Å²) in [6.07, 6.45) is 0.909. The smallest absolute Gasteiger partial charge is 0.143 e. The van der Waals surface area contributed by atoms with Gasteiger partial charge in [-0.05, 0) is 42.6 Å². The first-order valence-corrected chi connectivity index (χ1v) is 8.63. The highest BCUT2D eigenvalue weighted by atomic mass is 127. The molecule has 0 aromatic carbocycles. The van der Waals surface area contributed by atoms with E-state index in [4.69, 9.17) is 9.97 Å². The minimum Gasteiger partial charge on any atom is -0.372 e. The molecule has 0 amide bonds. The molecular weight excluding hydrogens is 377 g/mol. The molecule has 1 aliphatic rings. The van der Waals surface area contributed by atoms with Crippen LogP contribution in [0.3, 0.4) is 0 Å². The van der Waals surface area contributed by atoms with Gasteiger partial charge in [0.1, 0.15) is 11.6 Å². The number of anilines is 1. The Bertz CT molecular complexity index is 491. The van der Waals surface area contributed by atoms with Crippen molar-refractivity contribution in [3.8, 4) is 0 Å². The van der Waals surface area contributed by atoms with E-state index in [0.29, 0.717) is 12.0 Å². The number of hydrogen-bond acceptors (Lipinski definition) is 5. The van der Waals surface area contributed by atoms with Crippen LogP contribution in [0.4, 0.5) is 5.82 Å². The molecule has 2 rings (SSSR count). The Labute approximate surface area is 141 Å². The van der Waals surface area contributed by atoms with Crippen molar-refractivity contribution < 1.29 is 0 Å². The average Bonchev–Trinajstić information content (AvgIpc) is 2.44. The lowest BCUT2D eigenvalue weighted by molar-refractivity contribution is 0.113.